The Hall–Kier alpha value is -1.31. The van der Waals surface area contributed by atoms with Crippen LogP contribution in [0.2, 0.25) is 0 Å². The van der Waals surface area contributed by atoms with Gasteiger partial charge in [-0.2, -0.15) is 0 Å². The van der Waals surface area contributed by atoms with Crippen molar-refractivity contribution in [2.45, 2.75) is 45.2 Å². The molecule has 28 heavy (non-hydrogen) atoms. The van der Waals surface area contributed by atoms with E-state index in [0.717, 1.165) is 64.7 Å². The Morgan fingerprint density at radius 2 is 2.00 bits per heavy atom. The lowest BCUT2D eigenvalue weighted by Crippen LogP contribution is -2.53. The van der Waals surface area contributed by atoms with Crippen molar-refractivity contribution < 1.29 is 4.74 Å². The molecule has 2 N–H and O–H groups in total. The molecule has 0 saturated carbocycles. The maximum Gasteiger partial charge on any atom is 0.191 e. The highest BCUT2D eigenvalue weighted by molar-refractivity contribution is 7.14. The summed E-state index contributed by atoms with van der Waals surface area (Å²) in [6.07, 6.45) is 3.50. The van der Waals surface area contributed by atoms with Crippen molar-refractivity contribution in [2.75, 3.05) is 57.9 Å². The zero-order chi connectivity index (χ0) is 19.8. The molecule has 1 unspecified atom stereocenters. The third kappa shape index (κ3) is 6.36. The highest BCUT2D eigenvalue weighted by Gasteiger charge is 2.24. The Kier molecular flexibility index (Phi) is 8.43. The van der Waals surface area contributed by atoms with Crippen LogP contribution in [0.1, 0.15) is 33.1 Å². The van der Waals surface area contributed by atoms with E-state index >= 15 is 0 Å². The zero-order valence-corrected chi connectivity index (χ0v) is 18.5. The minimum Gasteiger partial charge on any atom is -0.379 e. The number of thiophene rings is 1. The predicted octanol–water partition coefficient (Wildman–Crippen LogP) is 2.63. The second-order valence-corrected chi connectivity index (χ2v) is 9.17. The molecule has 0 radical (unpaired) electrons. The Balaban J connectivity index is 1.45. The van der Waals surface area contributed by atoms with Crippen LogP contribution in [0.5, 0.6) is 0 Å². The van der Waals surface area contributed by atoms with Crippen molar-refractivity contribution in [2.24, 2.45) is 10.9 Å². The van der Waals surface area contributed by atoms with E-state index in [0.29, 0.717) is 18.0 Å². The number of aliphatic imine (C=N–C) groups is 1. The molecule has 2 aliphatic rings. The van der Waals surface area contributed by atoms with Crippen molar-refractivity contribution in [1.82, 2.24) is 15.5 Å². The van der Waals surface area contributed by atoms with Gasteiger partial charge in [0.15, 0.2) is 5.96 Å². The summed E-state index contributed by atoms with van der Waals surface area (Å²) in [7, 11) is 1.88. The van der Waals surface area contributed by atoms with Crippen molar-refractivity contribution in [3.05, 3.63) is 17.5 Å². The molecule has 2 saturated heterocycles. The topological polar surface area (TPSA) is 52.1 Å². The number of ether oxygens (including phenoxy) is 1. The van der Waals surface area contributed by atoms with Crippen molar-refractivity contribution >= 4 is 22.3 Å². The number of hydrogen-bond acceptors (Lipinski definition) is 5. The third-order valence-electron chi connectivity index (χ3n) is 5.69. The summed E-state index contributed by atoms with van der Waals surface area (Å²) in [4.78, 5) is 9.56. The molecule has 1 aromatic heterocycles. The molecule has 158 valence electrons. The summed E-state index contributed by atoms with van der Waals surface area (Å²) in [6, 6.07) is 5.38. The van der Waals surface area contributed by atoms with Crippen LogP contribution in [0.25, 0.3) is 0 Å². The van der Waals surface area contributed by atoms with Gasteiger partial charge < -0.3 is 20.3 Å². The zero-order valence-electron chi connectivity index (χ0n) is 17.7. The Labute approximate surface area is 174 Å². The van der Waals surface area contributed by atoms with Gasteiger partial charge in [-0.15, -0.1) is 11.3 Å². The first-order valence-corrected chi connectivity index (χ1v) is 11.6. The van der Waals surface area contributed by atoms with Crippen LogP contribution >= 0.6 is 11.3 Å². The first-order valence-electron chi connectivity index (χ1n) is 10.7. The van der Waals surface area contributed by atoms with Gasteiger partial charge in [-0.05, 0) is 42.7 Å². The number of nitrogens with zero attached hydrogens (tertiary/aromatic N) is 3. The van der Waals surface area contributed by atoms with E-state index in [1.54, 1.807) is 0 Å². The van der Waals surface area contributed by atoms with Gasteiger partial charge in [-0.3, -0.25) is 9.89 Å². The van der Waals surface area contributed by atoms with Gasteiger partial charge in [-0.1, -0.05) is 13.8 Å². The highest BCUT2D eigenvalue weighted by Crippen LogP contribution is 2.24. The first-order chi connectivity index (χ1) is 13.7. The second kappa shape index (κ2) is 11.0. The smallest absolute Gasteiger partial charge is 0.191 e. The highest BCUT2D eigenvalue weighted by atomic mass is 32.1. The molecule has 0 bridgehead atoms. The van der Waals surface area contributed by atoms with Gasteiger partial charge >= 0.3 is 0 Å². The fraction of sp³-hybridized carbons (Fsp3) is 0.762. The standard InChI is InChI=1S/C21H37N5OS/c1-17(2)15-19(25-10-12-27-13-11-25)16-23-21(22-3)24-18-6-8-26(9-7-18)20-5-4-14-28-20/h4-5,14,17-19H,6-13,15-16H2,1-3H3,(H2,22,23,24). The quantitative estimate of drug-likeness (QED) is 0.538. The van der Waals surface area contributed by atoms with Crippen LogP contribution < -0.4 is 15.5 Å². The maximum atomic E-state index is 5.54. The first kappa shape index (κ1) is 21.4. The van der Waals surface area contributed by atoms with Crippen LogP contribution in [-0.2, 0) is 4.74 Å². The number of hydrogen-bond donors (Lipinski definition) is 2. The van der Waals surface area contributed by atoms with Crippen LogP contribution in [-0.4, -0.2) is 75.9 Å². The third-order valence-corrected chi connectivity index (χ3v) is 6.62. The Morgan fingerprint density at radius 3 is 2.61 bits per heavy atom. The van der Waals surface area contributed by atoms with E-state index in [4.69, 9.17) is 4.74 Å². The molecule has 1 aromatic rings. The molecule has 1 atom stereocenters. The maximum absolute atomic E-state index is 5.54. The number of guanidine groups is 1. The summed E-state index contributed by atoms with van der Waals surface area (Å²) in [5.41, 5.74) is 0. The number of anilines is 1. The number of nitrogens with one attached hydrogen (secondary N) is 2. The minimum atomic E-state index is 0.495. The van der Waals surface area contributed by atoms with Crippen LogP contribution in [0.15, 0.2) is 22.5 Å². The van der Waals surface area contributed by atoms with Gasteiger partial charge in [-0.25, -0.2) is 0 Å². The van der Waals surface area contributed by atoms with Crippen LogP contribution in [0, 0.1) is 5.92 Å². The van der Waals surface area contributed by atoms with Crippen molar-refractivity contribution in [1.29, 1.82) is 0 Å². The molecule has 2 aliphatic heterocycles. The molecule has 6 nitrogen and oxygen atoms in total. The normalized spacial score (nSPS) is 21.1. The van der Waals surface area contributed by atoms with Gasteiger partial charge in [0.05, 0.1) is 18.2 Å². The van der Waals surface area contributed by atoms with Gasteiger partial charge in [0.25, 0.3) is 0 Å². The molecule has 7 heteroatoms. The molecular formula is C21H37N5OS. The summed E-state index contributed by atoms with van der Waals surface area (Å²) in [6.45, 7) is 11.5. The SMILES string of the molecule is CN=C(NCC(CC(C)C)N1CCOCC1)NC1CCN(c2cccs2)CC1. The summed E-state index contributed by atoms with van der Waals surface area (Å²) >= 11 is 1.83. The summed E-state index contributed by atoms with van der Waals surface area (Å²) in [5.74, 6) is 1.63. The van der Waals surface area contributed by atoms with Crippen molar-refractivity contribution in [3.63, 3.8) is 0 Å². The van der Waals surface area contributed by atoms with E-state index in [9.17, 15) is 0 Å². The monoisotopic (exact) mass is 407 g/mol. The largest absolute Gasteiger partial charge is 0.379 e. The Bertz CT molecular complexity index is 578. The summed E-state index contributed by atoms with van der Waals surface area (Å²) < 4.78 is 5.54. The van der Waals surface area contributed by atoms with Crippen molar-refractivity contribution in [3.8, 4) is 0 Å². The second-order valence-electron chi connectivity index (χ2n) is 8.24. The van der Waals surface area contributed by atoms with Gasteiger partial charge in [0.2, 0.25) is 0 Å². The molecule has 0 aromatic carbocycles. The molecular weight excluding hydrogens is 370 g/mol. The van der Waals surface area contributed by atoms with E-state index < -0.39 is 0 Å². The molecule has 0 spiro atoms. The van der Waals surface area contributed by atoms with Gasteiger partial charge in [0, 0.05) is 51.9 Å². The van der Waals surface area contributed by atoms with Gasteiger partial charge in [0.1, 0.15) is 0 Å². The van der Waals surface area contributed by atoms with E-state index in [1.165, 1.54) is 11.4 Å². The van der Waals surface area contributed by atoms with E-state index in [2.05, 4.69) is 56.8 Å². The van der Waals surface area contributed by atoms with Crippen LogP contribution in [0.3, 0.4) is 0 Å². The number of morpholine rings is 1. The lowest BCUT2D eigenvalue weighted by atomic mass is 10.0. The number of piperidine rings is 1. The fourth-order valence-electron chi connectivity index (χ4n) is 4.14. The lowest BCUT2D eigenvalue weighted by molar-refractivity contribution is 0.0132. The lowest BCUT2D eigenvalue weighted by Gasteiger charge is -2.36. The average Bonchev–Trinajstić information content (AvgIpc) is 3.26. The fourth-order valence-corrected chi connectivity index (χ4v) is 4.93. The van der Waals surface area contributed by atoms with Crippen LogP contribution in [0.4, 0.5) is 5.00 Å². The molecule has 2 fully saturated rings. The number of rotatable bonds is 7. The summed E-state index contributed by atoms with van der Waals surface area (Å²) in [5, 5.41) is 10.8. The average molecular weight is 408 g/mol. The Morgan fingerprint density at radius 1 is 1.25 bits per heavy atom. The molecule has 3 heterocycles. The predicted molar refractivity (Wildman–Crippen MR) is 120 cm³/mol. The minimum absolute atomic E-state index is 0.495. The molecule has 3 rings (SSSR count). The van der Waals surface area contributed by atoms with E-state index in [1.807, 2.05) is 18.4 Å². The molecule has 0 amide bonds. The van der Waals surface area contributed by atoms with E-state index in [-0.39, 0.29) is 0 Å². The molecule has 0 aliphatic carbocycles.